The van der Waals surface area contributed by atoms with Crippen LogP contribution in [0.5, 0.6) is 0 Å². The summed E-state index contributed by atoms with van der Waals surface area (Å²) in [6.07, 6.45) is 0. The lowest BCUT2D eigenvalue weighted by Crippen LogP contribution is -2.38. The molecule has 0 heterocycles. The predicted octanol–water partition coefficient (Wildman–Crippen LogP) is 0.267. The first-order chi connectivity index (χ1) is 4.57. The molecule has 0 radical (unpaired) electrons. The summed E-state index contributed by atoms with van der Waals surface area (Å²) in [4.78, 5) is 10.6. The van der Waals surface area contributed by atoms with Crippen molar-refractivity contribution < 1.29 is 9.90 Å². The molecular formula is C6H12BrNO2. The van der Waals surface area contributed by atoms with Crippen LogP contribution in [0.2, 0.25) is 0 Å². The molecular weight excluding hydrogens is 198 g/mol. The average molecular weight is 210 g/mol. The lowest BCUT2D eigenvalue weighted by molar-refractivity contribution is -0.121. The Bertz CT molecular complexity index is 116. The van der Waals surface area contributed by atoms with Crippen LogP contribution < -0.4 is 5.32 Å². The van der Waals surface area contributed by atoms with Gasteiger partial charge in [0.1, 0.15) is 0 Å². The minimum atomic E-state index is -0.193. The zero-order valence-corrected chi connectivity index (χ0v) is 7.68. The highest BCUT2D eigenvalue weighted by Gasteiger charge is 2.10. The Morgan fingerprint density at radius 2 is 2.20 bits per heavy atom. The van der Waals surface area contributed by atoms with E-state index in [1.807, 2.05) is 0 Å². The highest BCUT2D eigenvalue weighted by atomic mass is 79.9. The second-order valence-electron chi connectivity index (χ2n) is 2.21. The maximum absolute atomic E-state index is 10.8. The van der Waals surface area contributed by atoms with Crippen LogP contribution in [-0.4, -0.2) is 28.5 Å². The Balaban J connectivity index is 3.57. The Morgan fingerprint density at radius 3 is 2.50 bits per heavy atom. The molecule has 0 spiro atoms. The number of carbonyl (C=O) groups is 1. The zero-order chi connectivity index (χ0) is 8.15. The van der Waals surface area contributed by atoms with E-state index >= 15 is 0 Å². The van der Waals surface area contributed by atoms with E-state index in [1.165, 1.54) is 0 Å². The molecule has 0 saturated carbocycles. The maximum atomic E-state index is 10.8. The van der Waals surface area contributed by atoms with Crippen molar-refractivity contribution in [3.63, 3.8) is 0 Å². The van der Waals surface area contributed by atoms with E-state index in [-0.39, 0.29) is 23.4 Å². The summed E-state index contributed by atoms with van der Waals surface area (Å²) in [7, 11) is 0. The molecule has 4 heteroatoms. The molecule has 3 nitrogen and oxygen atoms in total. The van der Waals surface area contributed by atoms with Gasteiger partial charge in [-0.15, -0.1) is 0 Å². The van der Waals surface area contributed by atoms with Crippen LogP contribution in [-0.2, 0) is 4.79 Å². The van der Waals surface area contributed by atoms with Crippen molar-refractivity contribution in [3.8, 4) is 0 Å². The highest BCUT2D eigenvalue weighted by molar-refractivity contribution is 9.10. The van der Waals surface area contributed by atoms with Crippen molar-refractivity contribution in [2.45, 2.75) is 24.7 Å². The van der Waals surface area contributed by atoms with Gasteiger partial charge in [-0.2, -0.15) is 0 Å². The fraction of sp³-hybridized carbons (Fsp3) is 0.833. The number of nitrogens with one attached hydrogen (secondary N) is 1. The van der Waals surface area contributed by atoms with Gasteiger partial charge < -0.3 is 10.4 Å². The fourth-order valence-electron chi connectivity index (χ4n) is 0.403. The summed E-state index contributed by atoms with van der Waals surface area (Å²) in [6.45, 7) is 3.46. The zero-order valence-electron chi connectivity index (χ0n) is 6.10. The van der Waals surface area contributed by atoms with E-state index < -0.39 is 0 Å². The Hall–Kier alpha value is -0.0900. The molecule has 0 aromatic rings. The number of aliphatic hydroxyl groups is 1. The van der Waals surface area contributed by atoms with E-state index in [4.69, 9.17) is 5.11 Å². The number of aliphatic hydroxyl groups excluding tert-OH is 1. The van der Waals surface area contributed by atoms with Crippen molar-refractivity contribution in [1.29, 1.82) is 0 Å². The summed E-state index contributed by atoms with van der Waals surface area (Å²) in [5.41, 5.74) is 0. The Kier molecular flexibility index (Phi) is 4.64. The first-order valence-corrected chi connectivity index (χ1v) is 4.04. The molecule has 0 bridgehead atoms. The molecule has 2 unspecified atom stereocenters. The van der Waals surface area contributed by atoms with Gasteiger partial charge in [-0.3, -0.25) is 4.79 Å². The van der Waals surface area contributed by atoms with Gasteiger partial charge in [0, 0.05) is 6.04 Å². The second-order valence-corrected chi connectivity index (χ2v) is 3.58. The number of alkyl halides is 1. The number of hydrogen-bond donors (Lipinski definition) is 2. The first-order valence-electron chi connectivity index (χ1n) is 3.13. The van der Waals surface area contributed by atoms with Gasteiger partial charge in [0.05, 0.1) is 11.4 Å². The minimum absolute atomic E-state index is 0.0224. The van der Waals surface area contributed by atoms with Crippen LogP contribution >= 0.6 is 15.9 Å². The number of rotatable bonds is 3. The average Bonchev–Trinajstić information content (AvgIpc) is 1.87. The number of halogens is 1. The Morgan fingerprint density at radius 1 is 1.70 bits per heavy atom. The summed E-state index contributed by atoms with van der Waals surface area (Å²) in [5, 5.41) is 11.1. The highest BCUT2D eigenvalue weighted by Crippen LogP contribution is 1.96. The lowest BCUT2D eigenvalue weighted by Gasteiger charge is -2.11. The van der Waals surface area contributed by atoms with Gasteiger partial charge in [0.2, 0.25) is 5.91 Å². The van der Waals surface area contributed by atoms with Crippen LogP contribution in [0.1, 0.15) is 13.8 Å². The standard InChI is InChI=1S/C6H12BrNO2/c1-4(3-9)8-6(10)5(2)7/h4-5,9H,3H2,1-2H3,(H,8,10). The third-order valence-electron chi connectivity index (χ3n) is 1.02. The molecule has 1 amide bonds. The van der Waals surface area contributed by atoms with Crippen molar-refractivity contribution in [3.05, 3.63) is 0 Å². The summed E-state index contributed by atoms with van der Waals surface area (Å²) < 4.78 is 0. The molecule has 10 heavy (non-hydrogen) atoms. The summed E-state index contributed by atoms with van der Waals surface area (Å²) in [5.74, 6) is -0.0958. The molecule has 60 valence electrons. The molecule has 0 aromatic carbocycles. The molecule has 0 aromatic heterocycles. The smallest absolute Gasteiger partial charge is 0.233 e. The molecule has 0 fully saturated rings. The molecule has 2 N–H and O–H groups in total. The minimum Gasteiger partial charge on any atom is -0.394 e. The van der Waals surface area contributed by atoms with E-state index in [0.717, 1.165) is 0 Å². The van der Waals surface area contributed by atoms with Gasteiger partial charge in [-0.25, -0.2) is 0 Å². The number of hydrogen-bond acceptors (Lipinski definition) is 2. The summed E-state index contributed by atoms with van der Waals surface area (Å²) >= 11 is 3.10. The van der Waals surface area contributed by atoms with Crippen LogP contribution in [0.25, 0.3) is 0 Å². The largest absolute Gasteiger partial charge is 0.394 e. The normalized spacial score (nSPS) is 16.0. The summed E-state index contributed by atoms with van der Waals surface area (Å²) in [6, 6.07) is -0.160. The van der Waals surface area contributed by atoms with Crippen molar-refractivity contribution in [2.24, 2.45) is 0 Å². The monoisotopic (exact) mass is 209 g/mol. The third-order valence-corrected chi connectivity index (χ3v) is 1.44. The quantitative estimate of drug-likeness (QED) is 0.656. The van der Waals surface area contributed by atoms with Crippen molar-refractivity contribution >= 4 is 21.8 Å². The first kappa shape index (κ1) is 9.91. The van der Waals surface area contributed by atoms with E-state index in [2.05, 4.69) is 21.2 Å². The molecule has 2 atom stereocenters. The van der Waals surface area contributed by atoms with Crippen LogP contribution in [0.4, 0.5) is 0 Å². The molecule has 0 rings (SSSR count). The molecule has 0 aliphatic rings. The maximum Gasteiger partial charge on any atom is 0.233 e. The van der Waals surface area contributed by atoms with Gasteiger partial charge in [0.15, 0.2) is 0 Å². The van der Waals surface area contributed by atoms with Crippen LogP contribution in [0, 0.1) is 0 Å². The van der Waals surface area contributed by atoms with Gasteiger partial charge >= 0.3 is 0 Å². The topological polar surface area (TPSA) is 49.3 Å². The second kappa shape index (κ2) is 4.68. The van der Waals surface area contributed by atoms with E-state index in [1.54, 1.807) is 13.8 Å². The Labute approximate surface area is 68.9 Å². The van der Waals surface area contributed by atoms with E-state index in [9.17, 15) is 4.79 Å². The SMILES string of the molecule is CC(CO)NC(=O)C(C)Br. The number of amides is 1. The van der Waals surface area contributed by atoms with Crippen LogP contribution in [0.3, 0.4) is 0 Å². The van der Waals surface area contributed by atoms with Crippen molar-refractivity contribution in [1.82, 2.24) is 5.32 Å². The van der Waals surface area contributed by atoms with E-state index in [0.29, 0.717) is 0 Å². The third kappa shape index (κ3) is 3.85. The van der Waals surface area contributed by atoms with Gasteiger partial charge in [-0.05, 0) is 13.8 Å². The number of carbonyl (C=O) groups excluding carboxylic acids is 1. The molecule has 0 saturated heterocycles. The molecule has 0 aliphatic carbocycles. The fourth-order valence-corrected chi connectivity index (χ4v) is 0.535. The van der Waals surface area contributed by atoms with Crippen molar-refractivity contribution in [2.75, 3.05) is 6.61 Å². The van der Waals surface area contributed by atoms with Crippen LogP contribution in [0.15, 0.2) is 0 Å². The predicted molar refractivity (Wildman–Crippen MR) is 43.1 cm³/mol. The van der Waals surface area contributed by atoms with Gasteiger partial charge in [0.25, 0.3) is 0 Å². The molecule has 0 aliphatic heterocycles. The van der Waals surface area contributed by atoms with Gasteiger partial charge in [-0.1, -0.05) is 15.9 Å². The lowest BCUT2D eigenvalue weighted by atomic mass is 10.3.